The lowest BCUT2D eigenvalue weighted by Crippen LogP contribution is -2.12. The lowest BCUT2D eigenvalue weighted by molar-refractivity contribution is 0.668. The molecule has 4 aromatic heterocycles. The molecule has 6 heteroatoms. The van der Waals surface area contributed by atoms with E-state index in [1.807, 2.05) is 12.1 Å². The molecule has 0 fully saturated rings. The minimum absolute atomic E-state index is 0.803. The van der Waals surface area contributed by atoms with Gasteiger partial charge in [0, 0.05) is 77.2 Å². The first-order valence-corrected chi connectivity index (χ1v) is 30.3. The zero-order valence-electron chi connectivity index (χ0n) is 48.2. The van der Waals surface area contributed by atoms with E-state index in [2.05, 4.69) is 290 Å². The molecule has 19 rings (SSSR count). The molecular weight excluding hydrogens is 1090 g/mol. The van der Waals surface area contributed by atoms with Gasteiger partial charge < -0.3 is 27.5 Å². The van der Waals surface area contributed by atoms with Crippen molar-refractivity contribution in [1.29, 1.82) is 0 Å². The number of aryl methyl sites for hydroxylation is 1. The van der Waals surface area contributed by atoms with Crippen molar-refractivity contribution in [3.05, 3.63) is 291 Å². The van der Waals surface area contributed by atoms with E-state index in [0.29, 0.717) is 0 Å². The Bertz CT molecular complexity index is 6140. The van der Waals surface area contributed by atoms with E-state index in [4.69, 9.17) is 17.7 Å². The normalized spacial score (nSPS) is 12.1. The van der Waals surface area contributed by atoms with Gasteiger partial charge in [0.2, 0.25) is 0 Å². The van der Waals surface area contributed by atoms with Crippen molar-refractivity contribution in [2.75, 3.05) is 9.80 Å². The van der Waals surface area contributed by atoms with Crippen LogP contribution in [-0.2, 0) is 0 Å². The molecule has 0 aliphatic carbocycles. The molecule has 4 heterocycles. The summed E-state index contributed by atoms with van der Waals surface area (Å²) in [5.74, 6) is 0. The largest absolute Gasteiger partial charge is 0.456 e. The maximum absolute atomic E-state index is 7.12. The van der Waals surface area contributed by atoms with Crippen molar-refractivity contribution in [2.24, 2.45) is 0 Å². The molecular formula is C83H50N2O4. The SMILES string of the molecule is Cc1ccc(N(c2cc3oc4cc5ccccc5cc4c3c3ccccc23)c2cccc3c2oc2ccc(-c4ccc5cc6c(cc5c4)oc4cc(N(c5ccccc5-c5ccccc5)c5cccc7c5oc5ccccc57)c5ccccc5c46)cc23)cc1. The molecule has 6 nitrogen and oxygen atoms in total. The van der Waals surface area contributed by atoms with Crippen LogP contribution in [0.2, 0.25) is 0 Å². The molecule has 15 aromatic carbocycles. The minimum Gasteiger partial charge on any atom is -0.456 e. The number of hydrogen-bond acceptors (Lipinski definition) is 6. The second-order valence-electron chi connectivity index (χ2n) is 23.5. The highest BCUT2D eigenvalue weighted by Gasteiger charge is 2.28. The molecule has 0 saturated carbocycles. The van der Waals surface area contributed by atoms with Crippen molar-refractivity contribution in [3.8, 4) is 22.3 Å². The van der Waals surface area contributed by atoms with Gasteiger partial charge in [0.25, 0.3) is 0 Å². The molecule has 0 aliphatic rings. The third-order valence-corrected chi connectivity index (χ3v) is 18.4. The first kappa shape index (κ1) is 49.4. The van der Waals surface area contributed by atoms with Crippen molar-refractivity contribution in [1.82, 2.24) is 0 Å². The third kappa shape index (κ3) is 7.57. The first-order chi connectivity index (χ1) is 44.0. The van der Waals surface area contributed by atoms with Crippen molar-refractivity contribution in [3.63, 3.8) is 0 Å². The van der Waals surface area contributed by atoms with Gasteiger partial charge in [-0.25, -0.2) is 0 Å². The van der Waals surface area contributed by atoms with Crippen LogP contribution >= 0.6 is 0 Å². The summed E-state index contributed by atoms with van der Waals surface area (Å²) in [6.07, 6.45) is 0. The van der Waals surface area contributed by atoms with Crippen LogP contribution in [0.3, 0.4) is 0 Å². The van der Waals surface area contributed by atoms with Crippen LogP contribution < -0.4 is 9.80 Å². The Hall–Kier alpha value is -11.9. The van der Waals surface area contributed by atoms with E-state index < -0.39 is 0 Å². The standard InChI is InChI=1S/C83H50N2O4/c1-49-33-38-57(39-34-49)84(72-47-78-80(62-25-9-7-22-59(62)72)67-43-51-19-5-6-20-52(51)45-76(67)86-78)70-30-16-28-65-66-42-54(37-40-75(66)89-83(65)70)53-35-36-55-44-68-77(46-56(55)41-53)87-79-48-73(60-23-8-10-26-63(60)81(68)79)85(69-29-13-11-21-58(69)50-17-3-2-4-18-50)71-31-15-27-64-61-24-12-14-32-74(61)88-82(64)71/h2-48H,1H3. The van der Waals surface area contributed by atoms with Crippen LogP contribution in [-0.4, -0.2) is 0 Å². The minimum atomic E-state index is 0.803. The topological polar surface area (TPSA) is 59.0 Å². The van der Waals surface area contributed by atoms with E-state index in [1.54, 1.807) is 0 Å². The second-order valence-corrected chi connectivity index (χ2v) is 23.5. The predicted octanol–water partition coefficient (Wildman–Crippen LogP) is 24.5. The van der Waals surface area contributed by atoms with Crippen molar-refractivity contribution < 1.29 is 17.7 Å². The molecule has 416 valence electrons. The van der Waals surface area contributed by atoms with Crippen molar-refractivity contribution in [2.45, 2.75) is 6.92 Å². The summed E-state index contributed by atoms with van der Waals surface area (Å²) in [5, 5.41) is 17.6. The third-order valence-electron chi connectivity index (χ3n) is 18.4. The van der Waals surface area contributed by atoms with Gasteiger partial charge in [-0.1, -0.05) is 200 Å². The first-order valence-electron chi connectivity index (χ1n) is 30.3. The summed E-state index contributed by atoms with van der Waals surface area (Å²) in [6, 6.07) is 102. The fraction of sp³-hybridized carbons (Fsp3) is 0.0120. The molecule has 0 spiro atoms. The summed E-state index contributed by atoms with van der Waals surface area (Å²) >= 11 is 0. The maximum atomic E-state index is 7.12. The molecule has 0 bridgehead atoms. The quantitative estimate of drug-likeness (QED) is 0.151. The highest BCUT2D eigenvalue weighted by Crippen LogP contribution is 2.52. The molecule has 19 aromatic rings. The van der Waals surface area contributed by atoms with Gasteiger partial charge in [0.15, 0.2) is 11.2 Å². The number of para-hydroxylation sites is 4. The van der Waals surface area contributed by atoms with Gasteiger partial charge >= 0.3 is 0 Å². The van der Waals surface area contributed by atoms with Crippen LogP contribution in [0.4, 0.5) is 34.1 Å². The maximum Gasteiger partial charge on any atom is 0.159 e. The number of benzene rings is 15. The zero-order chi connectivity index (χ0) is 58.4. The Morgan fingerprint density at radius 3 is 1.43 bits per heavy atom. The number of hydrogen-bond donors (Lipinski definition) is 0. The average Bonchev–Trinajstić information content (AvgIpc) is 3.24. The number of anilines is 6. The summed E-state index contributed by atoms with van der Waals surface area (Å²) in [4.78, 5) is 4.71. The number of nitrogens with zero attached hydrogens (tertiary/aromatic N) is 2. The van der Waals surface area contributed by atoms with Crippen LogP contribution in [0.5, 0.6) is 0 Å². The summed E-state index contributed by atoms with van der Waals surface area (Å²) in [6.45, 7) is 2.13. The molecule has 89 heavy (non-hydrogen) atoms. The summed E-state index contributed by atoms with van der Waals surface area (Å²) in [7, 11) is 0. The smallest absolute Gasteiger partial charge is 0.159 e. The lowest BCUT2D eigenvalue weighted by atomic mass is 9.96. The van der Waals surface area contributed by atoms with Gasteiger partial charge in [-0.05, 0) is 135 Å². The fourth-order valence-corrected chi connectivity index (χ4v) is 14.3. The Balaban J connectivity index is 0.748. The van der Waals surface area contributed by atoms with Crippen LogP contribution in [0.25, 0.3) is 153 Å². The molecule has 0 atom stereocenters. The lowest BCUT2D eigenvalue weighted by Gasteiger charge is -2.29. The van der Waals surface area contributed by atoms with Crippen LogP contribution in [0.15, 0.2) is 303 Å². The van der Waals surface area contributed by atoms with Crippen molar-refractivity contribution >= 4 is 165 Å². The predicted molar refractivity (Wildman–Crippen MR) is 371 cm³/mol. The van der Waals surface area contributed by atoms with E-state index >= 15 is 0 Å². The Kier molecular flexibility index (Phi) is 10.6. The summed E-state index contributed by atoms with van der Waals surface area (Å²) < 4.78 is 27.8. The molecule has 0 aliphatic heterocycles. The number of fused-ring (bicyclic) bond motifs is 18. The fourth-order valence-electron chi connectivity index (χ4n) is 14.3. The van der Waals surface area contributed by atoms with Gasteiger partial charge in [0.05, 0.1) is 28.4 Å². The van der Waals surface area contributed by atoms with E-state index in [1.165, 1.54) is 10.9 Å². The molecule has 0 amide bonds. The Morgan fingerprint density at radius 1 is 0.236 bits per heavy atom. The summed E-state index contributed by atoms with van der Waals surface area (Å²) in [5.41, 5.74) is 18.1. The van der Waals surface area contributed by atoms with Gasteiger partial charge in [-0.2, -0.15) is 0 Å². The van der Waals surface area contributed by atoms with Gasteiger partial charge in [-0.15, -0.1) is 0 Å². The number of furan rings is 4. The molecule has 0 radical (unpaired) electrons. The van der Waals surface area contributed by atoms with Crippen LogP contribution in [0.1, 0.15) is 5.56 Å². The number of rotatable bonds is 8. The molecule has 0 saturated heterocycles. The Labute approximate surface area is 509 Å². The average molecular weight is 1140 g/mol. The van der Waals surface area contributed by atoms with E-state index in [9.17, 15) is 0 Å². The van der Waals surface area contributed by atoms with Gasteiger partial charge in [-0.3, -0.25) is 0 Å². The highest BCUT2D eigenvalue weighted by atomic mass is 16.3. The highest BCUT2D eigenvalue weighted by molar-refractivity contribution is 6.27. The molecule has 0 unspecified atom stereocenters. The van der Waals surface area contributed by atoms with Gasteiger partial charge in [0.1, 0.15) is 33.5 Å². The molecule has 0 N–H and O–H groups in total. The van der Waals surface area contributed by atoms with Crippen LogP contribution in [0, 0.1) is 6.92 Å². The second kappa shape index (κ2) is 19.1. The van der Waals surface area contributed by atoms with E-state index in [0.717, 1.165) is 182 Å². The Morgan fingerprint density at radius 2 is 0.730 bits per heavy atom. The van der Waals surface area contributed by atoms with E-state index in [-0.39, 0.29) is 0 Å². The zero-order valence-corrected chi connectivity index (χ0v) is 48.2. The monoisotopic (exact) mass is 1140 g/mol.